The highest BCUT2D eigenvalue weighted by Gasteiger charge is 2.17. The Morgan fingerprint density at radius 1 is 1.45 bits per heavy atom. The molecule has 0 bridgehead atoms. The van der Waals surface area contributed by atoms with Crippen molar-refractivity contribution in [2.75, 3.05) is 18.5 Å². The summed E-state index contributed by atoms with van der Waals surface area (Å²) in [6.07, 6.45) is 0. The van der Waals surface area contributed by atoms with Crippen LogP contribution in [0.3, 0.4) is 0 Å². The van der Waals surface area contributed by atoms with Crippen molar-refractivity contribution in [2.24, 2.45) is 0 Å². The largest absolute Gasteiger partial charge is 0.478 e. The van der Waals surface area contributed by atoms with Crippen LogP contribution in [-0.2, 0) is 4.74 Å². The van der Waals surface area contributed by atoms with Crippen molar-refractivity contribution >= 4 is 17.7 Å². The zero-order chi connectivity index (χ0) is 15.1. The predicted octanol–water partition coefficient (Wildman–Crippen LogP) is 2.07. The summed E-state index contributed by atoms with van der Waals surface area (Å²) >= 11 is 0. The summed E-state index contributed by atoms with van der Waals surface area (Å²) < 4.78 is 18.5. The number of urea groups is 1. The molecule has 3 N–H and O–H groups in total. The monoisotopic (exact) mass is 284 g/mol. The van der Waals surface area contributed by atoms with Gasteiger partial charge >= 0.3 is 12.0 Å². The number of nitrogens with one attached hydrogen (secondary N) is 2. The number of anilines is 1. The van der Waals surface area contributed by atoms with Crippen molar-refractivity contribution < 1.29 is 23.8 Å². The average Bonchev–Trinajstić information content (AvgIpc) is 2.35. The molecule has 0 spiro atoms. The maximum atomic E-state index is 13.4. The summed E-state index contributed by atoms with van der Waals surface area (Å²) in [6.45, 7) is 4.43. The third-order valence-electron chi connectivity index (χ3n) is 2.43. The lowest BCUT2D eigenvalue weighted by Crippen LogP contribution is -2.39. The molecule has 2 amide bonds. The smallest absolute Gasteiger partial charge is 0.340 e. The van der Waals surface area contributed by atoms with Crippen molar-refractivity contribution in [2.45, 2.75) is 19.9 Å². The number of carbonyl (C=O) groups is 2. The first-order valence-corrected chi connectivity index (χ1v) is 6.12. The van der Waals surface area contributed by atoms with Gasteiger partial charge in [-0.25, -0.2) is 14.0 Å². The normalized spacial score (nSPS) is 11.8. The Labute approximate surface area is 115 Å². The van der Waals surface area contributed by atoms with Gasteiger partial charge in [0, 0.05) is 6.61 Å². The van der Waals surface area contributed by atoms with Crippen LogP contribution < -0.4 is 10.6 Å². The fraction of sp³-hybridized carbons (Fsp3) is 0.385. The third-order valence-corrected chi connectivity index (χ3v) is 2.43. The van der Waals surface area contributed by atoms with Crippen molar-refractivity contribution in [1.29, 1.82) is 0 Å². The van der Waals surface area contributed by atoms with Crippen molar-refractivity contribution in [3.63, 3.8) is 0 Å². The first-order valence-electron chi connectivity index (χ1n) is 6.12. The minimum Gasteiger partial charge on any atom is -0.478 e. The molecule has 0 aromatic heterocycles. The zero-order valence-corrected chi connectivity index (χ0v) is 11.3. The lowest BCUT2D eigenvalue weighted by Gasteiger charge is -2.15. The quantitative estimate of drug-likeness (QED) is 0.746. The molecule has 1 atom stereocenters. The summed E-state index contributed by atoms with van der Waals surface area (Å²) in [5, 5.41) is 13.8. The number of hydrogen-bond donors (Lipinski definition) is 3. The summed E-state index contributed by atoms with van der Waals surface area (Å²) in [4.78, 5) is 22.6. The highest BCUT2D eigenvalue weighted by Crippen LogP contribution is 2.18. The molecule has 0 radical (unpaired) electrons. The molecular weight excluding hydrogens is 267 g/mol. The van der Waals surface area contributed by atoms with Gasteiger partial charge in [-0.3, -0.25) is 0 Å². The summed E-state index contributed by atoms with van der Waals surface area (Å²) in [5.41, 5.74) is -0.668. The van der Waals surface area contributed by atoms with Gasteiger partial charge < -0.3 is 20.5 Å². The number of benzene rings is 1. The van der Waals surface area contributed by atoms with Gasteiger partial charge in [0.15, 0.2) is 0 Å². The first-order chi connectivity index (χ1) is 9.45. The van der Waals surface area contributed by atoms with Crippen LogP contribution in [0.4, 0.5) is 14.9 Å². The molecule has 1 aromatic carbocycles. The molecule has 110 valence electrons. The van der Waals surface area contributed by atoms with Gasteiger partial charge in [-0.05, 0) is 26.0 Å². The van der Waals surface area contributed by atoms with Gasteiger partial charge in [-0.15, -0.1) is 0 Å². The summed E-state index contributed by atoms with van der Waals surface area (Å²) in [6, 6.07) is 2.78. The van der Waals surface area contributed by atoms with E-state index in [1.54, 1.807) is 6.92 Å². The molecule has 0 aliphatic carbocycles. The van der Waals surface area contributed by atoms with Gasteiger partial charge in [-0.1, -0.05) is 6.07 Å². The number of hydrogen-bond acceptors (Lipinski definition) is 3. The van der Waals surface area contributed by atoms with E-state index in [1.165, 1.54) is 12.1 Å². The Kier molecular flexibility index (Phi) is 5.92. The van der Waals surface area contributed by atoms with Crippen LogP contribution in [0.1, 0.15) is 24.2 Å². The highest BCUT2D eigenvalue weighted by atomic mass is 19.1. The Morgan fingerprint density at radius 3 is 2.75 bits per heavy atom. The molecule has 6 nitrogen and oxygen atoms in total. The van der Waals surface area contributed by atoms with Gasteiger partial charge in [0.2, 0.25) is 0 Å². The highest BCUT2D eigenvalue weighted by molar-refractivity contribution is 6.00. The number of amides is 2. The number of carboxylic acid groups (broad SMARTS) is 1. The molecular formula is C13H17FN2O4. The minimum absolute atomic E-state index is 0.0985. The third kappa shape index (κ3) is 4.51. The zero-order valence-electron chi connectivity index (χ0n) is 11.3. The molecule has 0 heterocycles. The van der Waals surface area contributed by atoms with E-state index in [0.717, 1.165) is 6.07 Å². The molecule has 7 heteroatoms. The number of rotatable bonds is 6. The SMILES string of the molecule is CCOCC(C)NC(=O)Nc1cccc(F)c1C(=O)O. The van der Waals surface area contributed by atoms with E-state index < -0.39 is 23.4 Å². The Bertz CT molecular complexity index is 493. The fourth-order valence-corrected chi connectivity index (χ4v) is 1.56. The minimum atomic E-state index is -1.44. The summed E-state index contributed by atoms with van der Waals surface area (Å²) in [5.74, 6) is -2.35. The van der Waals surface area contributed by atoms with Crippen LogP contribution in [0.2, 0.25) is 0 Å². The lowest BCUT2D eigenvalue weighted by molar-refractivity contribution is 0.0693. The molecule has 0 saturated carbocycles. The van der Waals surface area contributed by atoms with Crippen LogP contribution in [0.25, 0.3) is 0 Å². The van der Waals surface area contributed by atoms with Crippen LogP contribution >= 0.6 is 0 Å². The molecule has 20 heavy (non-hydrogen) atoms. The van der Waals surface area contributed by atoms with Crippen LogP contribution in [0, 0.1) is 5.82 Å². The lowest BCUT2D eigenvalue weighted by atomic mass is 10.1. The molecule has 0 fully saturated rings. The van der Waals surface area contributed by atoms with Crippen molar-refractivity contribution in [3.8, 4) is 0 Å². The number of ether oxygens (including phenoxy) is 1. The van der Waals surface area contributed by atoms with Crippen LogP contribution in [-0.4, -0.2) is 36.4 Å². The number of halogens is 1. The second-order valence-electron chi connectivity index (χ2n) is 4.13. The van der Waals surface area contributed by atoms with Crippen LogP contribution in [0.15, 0.2) is 18.2 Å². The van der Waals surface area contributed by atoms with Gasteiger partial charge in [-0.2, -0.15) is 0 Å². The van der Waals surface area contributed by atoms with Gasteiger partial charge in [0.25, 0.3) is 0 Å². The number of carboxylic acids is 1. The molecule has 0 aliphatic rings. The van der Waals surface area contributed by atoms with Crippen molar-refractivity contribution in [1.82, 2.24) is 5.32 Å². The molecule has 1 unspecified atom stereocenters. The van der Waals surface area contributed by atoms with E-state index in [1.807, 2.05) is 6.92 Å². The second-order valence-corrected chi connectivity index (χ2v) is 4.13. The van der Waals surface area contributed by atoms with Crippen LogP contribution in [0.5, 0.6) is 0 Å². The maximum absolute atomic E-state index is 13.4. The first kappa shape index (κ1) is 15.9. The summed E-state index contributed by atoms with van der Waals surface area (Å²) in [7, 11) is 0. The van der Waals surface area contributed by atoms with E-state index in [2.05, 4.69) is 10.6 Å². The molecule has 0 aliphatic heterocycles. The van der Waals surface area contributed by atoms with Crippen molar-refractivity contribution in [3.05, 3.63) is 29.6 Å². The van der Waals surface area contributed by atoms with Gasteiger partial charge in [0.05, 0.1) is 18.3 Å². The van der Waals surface area contributed by atoms with Gasteiger partial charge in [0.1, 0.15) is 11.4 Å². The van der Waals surface area contributed by atoms with E-state index in [-0.39, 0.29) is 11.7 Å². The molecule has 0 saturated heterocycles. The maximum Gasteiger partial charge on any atom is 0.340 e. The Balaban J connectivity index is 2.71. The number of aromatic carboxylic acids is 1. The Morgan fingerprint density at radius 2 is 2.15 bits per heavy atom. The topological polar surface area (TPSA) is 87.7 Å². The number of carbonyl (C=O) groups excluding carboxylic acids is 1. The second kappa shape index (κ2) is 7.44. The Hall–Kier alpha value is -2.15. The standard InChI is InChI=1S/C13H17FN2O4/c1-3-20-7-8(2)15-13(19)16-10-6-4-5-9(14)11(10)12(17)18/h4-6,8H,3,7H2,1-2H3,(H,17,18)(H2,15,16,19). The van der Waals surface area contributed by atoms with E-state index in [4.69, 9.17) is 9.84 Å². The predicted molar refractivity (Wildman–Crippen MR) is 71.5 cm³/mol. The average molecular weight is 284 g/mol. The van der Waals surface area contributed by atoms with E-state index in [0.29, 0.717) is 13.2 Å². The van der Waals surface area contributed by atoms with E-state index in [9.17, 15) is 14.0 Å². The fourth-order valence-electron chi connectivity index (χ4n) is 1.56. The van der Waals surface area contributed by atoms with E-state index >= 15 is 0 Å². The molecule has 1 aromatic rings. The molecule has 1 rings (SSSR count).